The summed E-state index contributed by atoms with van der Waals surface area (Å²) in [4.78, 5) is 21.7. The number of carbonyl (C=O) groups excluding carboxylic acids is 1. The molecule has 1 atom stereocenters. The van der Waals surface area contributed by atoms with E-state index >= 15 is 0 Å². The van der Waals surface area contributed by atoms with Crippen LogP contribution in [0.3, 0.4) is 0 Å². The minimum Gasteiger partial charge on any atom is -0.459 e. The molecule has 0 saturated carbocycles. The molecule has 1 aromatic carbocycles. The molecular weight excluding hydrogens is 252 g/mol. The number of nitrogens with one attached hydrogen (secondary N) is 1. The third-order valence-electron chi connectivity index (χ3n) is 2.72. The highest BCUT2D eigenvalue weighted by Crippen LogP contribution is 2.12. The molecule has 1 aliphatic heterocycles. The first-order valence-corrected chi connectivity index (χ1v) is 5.91. The standard InChI is InChI=1S/C12H14N2O5/c15-12(19-8-11-7-13-5-6-18-11)9-1-3-10(4-2-9)14(16)17/h1-4,11,13H,5-8H2. The molecule has 19 heavy (non-hydrogen) atoms. The molecule has 0 aliphatic carbocycles. The summed E-state index contributed by atoms with van der Waals surface area (Å²) in [5, 5.41) is 13.6. The van der Waals surface area contributed by atoms with Crippen LogP contribution >= 0.6 is 0 Å². The third-order valence-corrected chi connectivity index (χ3v) is 2.72. The fraction of sp³-hybridized carbons (Fsp3) is 0.417. The lowest BCUT2D eigenvalue weighted by Crippen LogP contribution is -2.41. The van der Waals surface area contributed by atoms with E-state index in [4.69, 9.17) is 9.47 Å². The SMILES string of the molecule is O=C(OCC1CNCCO1)c1ccc([N+](=O)[O-])cc1. The normalized spacial score (nSPS) is 18.8. The van der Waals surface area contributed by atoms with Crippen LogP contribution in [0.15, 0.2) is 24.3 Å². The Kier molecular flexibility index (Phi) is 4.43. The molecule has 1 saturated heterocycles. The Labute approximate surface area is 109 Å². The maximum absolute atomic E-state index is 11.7. The molecular formula is C12H14N2O5. The summed E-state index contributed by atoms with van der Waals surface area (Å²) in [6.07, 6.45) is -0.143. The molecule has 2 rings (SSSR count). The van der Waals surface area contributed by atoms with Gasteiger partial charge in [-0.1, -0.05) is 0 Å². The van der Waals surface area contributed by atoms with Crippen molar-refractivity contribution in [1.29, 1.82) is 0 Å². The Bertz CT molecular complexity index is 454. The first kappa shape index (κ1) is 13.4. The topological polar surface area (TPSA) is 90.7 Å². The van der Waals surface area contributed by atoms with Gasteiger partial charge in [0.2, 0.25) is 0 Å². The summed E-state index contributed by atoms with van der Waals surface area (Å²) >= 11 is 0. The molecule has 0 amide bonds. The molecule has 102 valence electrons. The second-order valence-electron chi connectivity index (χ2n) is 4.10. The van der Waals surface area contributed by atoms with Gasteiger partial charge in [-0.15, -0.1) is 0 Å². The summed E-state index contributed by atoms with van der Waals surface area (Å²) in [6.45, 7) is 2.21. The van der Waals surface area contributed by atoms with Gasteiger partial charge in [0.25, 0.3) is 5.69 Å². The summed E-state index contributed by atoms with van der Waals surface area (Å²) < 4.78 is 10.5. The lowest BCUT2D eigenvalue weighted by atomic mass is 10.2. The number of nitrogens with zero attached hydrogens (tertiary/aromatic N) is 1. The van der Waals surface area contributed by atoms with Gasteiger partial charge in [0.1, 0.15) is 12.7 Å². The van der Waals surface area contributed by atoms with Crippen LogP contribution in [-0.2, 0) is 9.47 Å². The van der Waals surface area contributed by atoms with Crippen molar-refractivity contribution >= 4 is 11.7 Å². The predicted octanol–water partition coefficient (Wildman–Crippen LogP) is 0.740. The van der Waals surface area contributed by atoms with Crippen molar-refractivity contribution in [2.75, 3.05) is 26.3 Å². The smallest absolute Gasteiger partial charge is 0.338 e. The Balaban J connectivity index is 1.86. The summed E-state index contributed by atoms with van der Waals surface area (Å²) in [5.74, 6) is -0.510. The first-order valence-electron chi connectivity index (χ1n) is 5.91. The highest BCUT2D eigenvalue weighted by Gasteiger charge is 2.17. The van der Waals surface area contributed by atoms with Crippen molar-refractivity contribution in [2.45, 2.75) is 6.10 Å². The number of nitro benzene ring substituents is 1. The zero-order valence-electron chi connectivity index (χ0n) is 10.2. The van der Waals surface area contributed by atoms with E-state index in [0.717, 1.165) is 6.54 Å². The zero-order chi connectivity index (χ0) is 13.7. The second-order valence-corrected chi connectivity index (χ2v) is 4.10. The monoisotopic (exact) mass is 266 g/mol. The Morgan fingerprint density at radius 1 is 1.47 bits per heavy atom. The van der Waals surface area contributed by atoms with Crippen LogP contribution in [-0.4, -0.2) is 43.3 Å². The molecule has 1 heterocycles. The van der Waals surface area contributed by atoms with Crippen molar-refractivity contribution in [3.63, 3.8) is 0 Å². The van der Waals surface area contributed by atoms with E-state index < -0.39 is 10.9 Å². The van der Waals surface area contributed by atoms with Crippen molar-refractivity contribution in [1.82, 2.24) is 5.32 Å². The number of carbonyl (C=O) groups is 1. The average molecular weight is 266 g/mol. The van der Waals surface area contributed by atoms with Crippen LogP contribution < -0.4 is 5.32 Å². The van der Waals surface area contributed by atoms with Crippen LogP contribution in [0, 0.1) is 10.1 Å². The molecule has 0 radical (unpaired) electrons. The molecule has 7 heteroatoms. The number of esters is 1. The van der Waals surface area contributed by atoms with Gasteiger partial charge >= 0.3 is 5.97 Å². The van der Waals surface area contributed by atoms with Gasteiger partial charge < -0.3 is 14.8 Å². The van der Waals surface area contributed by atoms with E-state index in [0.29, 0.717) is 13.2 Å². The lowest BCUT2D eigenvalue weighted by Gasteiger charge is -2.23. The zero-order valence-corrected chi connectivity index (χ0v) is 10.2. The number of nitro groups is 1. The van der Waals surface area contributed by atoms with E-state index in [1.54, 1.807) is 0 Å². The largest absolute Gasteiger partial charge is 0.459 e. The number of non-ortho nitro benzene ring substituents is 1. The van der Waals surface area contributed by atoms with E-state index in [-0.39, 0.29) is 24.0 Å². The van der Waals surface area contributed by atoms with Gasteiger partial charge in [0.05, 0.1) is 17.1 Å². The summed E-state index contributed by atoms with van der Waals surface area (Å²) in [6, 6.07) is 5.30. The summed E-state index contributed by atoms with van der Waals surface area (Å²) in [7, 11) is 0. The van der Waals surface area contributed by atoms with Crippen LogP contribution in [0.2, 0.25) is 0 Å². The van der Waals surface area contributed by atoms with E-state index in [1.807, 2.05) is 0 Å². The number of hydrogen-bond acceptors (Lipinski definition) is 6. The molecule has 1 fully saturated rings. The molecule has 0 aromatic heterocycles. The molecule has 7 nitrogen and oxygen atoms in total. The maximum Gasteiger partial charge on any atom is 0.338 e. The average Bonchev–Trinajstić information content (AvgIpc) is 2.46. The van der Waals surface area contributed by atoms with Crippen molar-refractivity contribution in [3.8, 4) is 0 Å². The molecule has 0 spiro atoms. The van der Waals surface area contributed by atoms with Gasteiger partial charge in [-0.05, 0) is 12.1 Å². The highest BCUT2D eigenvalue weighted by molar-refractivity contribution is 5.89. The second kappa shape index (κ2) is 6.26. The van der Waals surface area contributed by atoms with Gasteiger partial charge in [-0.25, -0.2) is 4.79 Å². The molecule has 1 N–H and O–H groups in total. The Morgan fingerprint density at radius 2 is 2.21 bits per heavy atom. The van der Waals surface area contributed by atoms with Gasteiger partial charge in [0, 0.05) is 25.2 Å². The number of benzene rings is 1. The highest BCUT2D eigenvalue weighted by atomic mass is 16.6. The number of morpholine rings is 1. The van der Waals surface area contributed by atoms with Crippen molar-refractivity contribution in [2.24, 2.45) is 0 Å². The van der Waals surface area contributed by atoms with Crippen LogP contribution in [0.4, 0.5) is 5.69 Å². The van der Waals surface area contributed by atoms with E-state index in [1.165, 1.54) is 24.3 Å². The molecule has 0 bridgehead atoms. The molecule has 1 aromatic rings. The fourth-order valence-corrected chi connectivity index (χ4v) is 1.70. The van der Waals surface area contributed by atoms with Crippen molar-refractivity contribution in [3.05, 3.63) is 39.9 Å². The van der Waals surface area contributed by atoms with Gasteiger partial charge in [-0.2, -0.15) is 0 Å². The van der Waals surface area contributed by atoms with Crippen LogP contribution in [0.5, 0.6) is 0 Å². The Hall–Kier alpha value is -1.99. The maximum atomic E-state index is 11.7. The Morgan fingerprint density at radius 3 is 2.79 bits per heavy atom. The number of hydrogen-bond donors (Lipinski definition) is 1. The minimum absolute atomic E-state index is 0.0589. The summed E-state index contributed by atoms with van der Waals surface area (Å²) in [5.41, 5.74) is 0.228. The van der Waals surface area contributed by atoms with Gasteiger partial charge in [-0.3, -0.25) is 10.1 Å². The van der Waals surface area contributed by atoms with E-state index in [9.17, 15) is 14.9 Å². The van der Waals surface area contributed by atoms with Crippen LogP contribution in [0.25, 0.3) is 0 Å². The van der Waals surface area contributed by atoms with Crippen molar-refractivity contribution < 1.29 is 19.2 Å². The third kappa shape index (κ3) is 3.73. The van der Waals surface area contributed by atoms with Gasteiger partial charge in [0.15, 0.2) is 0 Å². The minimum atomic E-state index is -0.517. The van der Waals surface area contributed by atoms with E-state index in [2.05, 4.69) is 5.32 Å². The van der Waals surface area contributed by atoms with Crippen LogP contribution in [0.1, 0.15) is 10.4 Å². The molecule has 1 unspecified atom stereocenters. The number of ether oxygens (including phenoxy) is 2. The lowest BCUT2D eigenvalue weighted by molar-refractivity contribution is -0.384. The molecule has 1 aliphatic rings. The first-order chi connectivity index (χ1) is 9.16. The predicted molar refractivity (Wildman–Crippen MR) is 66.0 cm³/mol. The quantitative estimate of drug-likeness (QED) is 0.491. The number of rotatable bonds is 4. The fourth-order valence-electron chi connectivity index (χ4n) is 1.70.